The maximum Gasteiger partial charge on any atom is 0.323 e. The minimum Gasteiger partial charge on any atom is -0.464 e. The van der Waals surface area contributed by atoms with Gasteiger partial charge in [0, 0.05) is 20.2 Å². The fourth-order valence-electron chi connectivity index (χ4n) is 2.13. The predicted octanol–water partition coefficient (Wildman–Crippen LogP) is 1.68. The molecule has 0 bridgehead atoms. The van der Waals surface area contributed by atoms with Crippen LogP contribution in [0.25, 0.3) is 0 Å². The zero-order valence-electron chi connectivity index (χ0n) is 12.4. The van der Waals surface area contributed by atoms with Crippen molar-refractivity contribution in [1.82, 2.24) is 15.0 Å². The number of hydrogen-bond donors (Lipinski definition) is 2. The summed E-state index contributed by atoms with van der Waals surface area (Å²) in [5, 5.41) is 6.30. The van der Waals surface area contributed by atoms with Crippen molar-refractivity contribution in [1.29, 1.82) is 0 Å². The standard InChI is InChI=1S/C13H23N5O2/c1-4-14-10-16-11(18-12(17-10)20-5-2)15-9-13(19-3)7-6-8-13/h4-9H2,1-3H3,(H2,14,15,16,17,18). The molecular weight excluding hydrogens is 258 g/mol. The summed E-state index contributed by atoms with van der Waals surface area (Å²) >= 11 is 0. The van der Waals surface area contributed by atoms with Crippen LogP contribution in [0.3, 0.4) is 0 Å². The molecule has 1 saturated carbocycles. The van der Waals surface area contributed by atoms with Crippen LogP contribution in [-0.2, 0) is 4.74 Å². The van der Waals surface area contributed by atoms with Crippen LogP contribution < -0.4 is 15.4 Å². The highest BCUT2D eigenvalue weighted by Crippen LogP contribution is 2.34. The molecule has 0 saturated heterocycles. The van der Waals surface area contributed by atoms with Gasteiger partial charge in [-0.2, -0.15) is 15.0 Å². The summed E-state index contributed by atoms with van der Waals surface area (Å²) in [7, 11) is 1.75. The lowest BCUT2D eigenvalue weighted by Crippen LogP contribution is -2.45. The summed E-state index contributed by atoms with van der Waals surface area (Å²) in [6.45, 7) is 5.86. The van der Waals surface area contributed by atoms with Gasteiger partial charge in [-0.3, -0.25) is 0 Å². The third kappa shape index (κ3) is 3.47. The lowest BCUT2D eigenvalue weighted by atomic mass is 9.80. The average molecular weight is 281 g/mol. The summed E-state index contributed by atoms with van der Waals surface area (Å²) in [6, 6.07) is 0.334. The highest BCUT2D eigenvalue weighted by molar-refractivity contribution is 5.36. The minimum atomic E-state index is -0.0727. The van der Waals surface area contributed by atoms with Crippen molar-refractivity contribution < 1.29 is 9.47 Å². The number of nitrogens with zero attached hydrogens (tertiary/aromatic N) is 3. The number of ether oxygens (including phenoxy) is 2. The Bertz CT molecular complexity index is 407. The van der Waals surface area contributed by atoms with Gasteiger partial charge in [-0.25, -0.2) is 0 Å². The maximum atomic E-state index is 5.57. The van der Waals surface area contributed by atoms with Crippen LogP contribution in [0.4, 0.5) is 11.9 Å². The molecule has 0 spiro atoms. The van der Waals surface area contributed by atoms with E-state index in [-0.39, 0.29) is 5.60 Å². The lowest BCUT2D eigenvalue weighted by molar-refractivity contribution is -0.0602. The summed E-state index contributed by atoms with van der Waals surface area (Å²) in [6.07, 6.45) is 3.35. The van der Waals surface area contributed by atoms with E-state index in [1.54, 1.807) is 7.11 Å². The Morgan fingerprint density at radius 1 is 1.10 bits per heavy atom. The molecule has 0 unspecified atom stereocenters. The summed E-state index contributed by atoms with van der Waals surface area (Å²) in [5.74, 6) is 1.04. The van der Waals surface area contributed by atoms with Gasteiger partial charge in [0.1, 0.15) is 0 Å². The first-order valence-corrected chi connectivity index (χ1v) is 7.13. The Balaban J connectivity index is 2.05. The van der Waals surface area contributed by atoms with Crippen molar-refractivity contribution in [3.05, 3.63) is 0 Å². The van der Waals surface area contributed by atoms with E-state index in [0.717, 1.165) is 19.4 Å². The number of rotatable bonds is 8. The van der Waals surface area contributed by atoms with Crippen molar-refractivity contribution in [2.75, 3.05) is 37.4 Å². The molecule has 0 amide bonds. The van der Waals surface area contributed by atoms with Crippen LogP contribution >= 0.6 is 0 Å². The largest absolute Gasteiger partial charge is 0.464 e. The Morgan fingerprint density at radius 2 is 1.80 bits per heavy atom. The monoisotopic (exact) mass is 281 g/mol. The number of aromatic nitrogens is 3. The second kappa shape index (κ2) is 6.69. The van der Waals surface area contributed by atoms with E-state index >= 15 is 0 Å². The Morgan fingerprint density at radius 3 is 2.30 bits per heavy atom. The summed E-state index contributed by atoms with van der Waals surface area (Å²) in [5.41, 5.74) is -0.0727. The van der Waals surface area contributed by atoms with E-state index in [1.165, 1.54) is 6.42 Å². The fraction of sp³-hybridized carbons (Fsp3) is 0.769. The summed E-state index contributed by atoms with van der Waals surface area (Å²) in [4.78, 5) is 12.8. The van der Waals surface area contributed by atoms with Gasteiger partial charge in [-0.15, -0.1) is 0 Å². The van der Waals surface area contributed by atoms with Crippen molar-refractivity contribution >= 4 is 11.9 Å². The Labute approximate surface area is 119 Å². The zero-order chi connectivity index (χ0) is 14.4. The zero-order valence-corrected chi connectivity index (χ0v) is 12.4. The van der Waals surface area contributed by atoms with Crippen molar-refractivity contribution in [3.63, 3.8) is 0 Å². The molecule has 1 heterocycles. The van der Waals surface area contributed by atoms with E-state index in [0.29, 0.717) is 31.1 Å². The molecule has 1 fully saturated rings. The highest BCUT2D eigenvalue weighted by Gasteiger charge is 2.36. The SMILES string of the molecule is CCNc1nc(NCC2(OC)CCC2)nc(OCC)n1. The van der Waals surface area contributed by atoms with Gasteiger partial charge in [-0.1, -0.05) is 0 Å². The van der Waals surface area contributed by atoms with Gasteiger partial charge in [0.05, 0.1) is 12.2 Å². The summed E-state index contributed by atoms with van der Waals surface area (Å²) < 4.78 is 10.9. The minimum absolute atomic E-state index is 0.0727. The van der Waals surface area contributed by atoms with Gasteiger partial charge in [0.15, 0.2) is 0 Å². The topological polar surface area (TPSA) is 81.2 Å². The molecule has 0 atom stereocenters. The molecule has 2 N–H and O–H groups in total. The molecule has 1 aromatic heterocycles. The highest BCUT2D eigenvalue weighted by atomic mass is 16.5. The second-order valence-corrected chi connectivity index (χ2v) is 4.82. The molecule has 1 aliphatic rings. The molecular formula is C13H23N5O2. The van der Waals surface area contributed by atoms with E-state index in [4.69, 9.17) is 9.47 Å². The van der Waals surface area contributed by atoms with Gasteiger partial charge >= 0.3 is 6.01 Å². The first-order chi connectivity index (χ1) is 9.71. The second-order valence-electron chi connectivity index (χ2n) is 4.82. The number of hydrogen-bond acceptors (Lipinski definition) is 7. The smallest absolute Gasteiger partial charge is 0.323 e. The van der Waals surface area contributed by atoms with Crippen LogP contribution in [0, 0.1) is 0 Å². The Kier molecular flexibility index (Phi) is 4.94. The van der Waals surface area contributed by atoms with Gasteiger partial charge < -0.3 is 20.1 Å². The van der Waals surface area contributed by atoms with Crippen LogP contribution in [0.15, 0.2) is 0 Å². The number of methoxy groups -OCH3 is 1. The molecule has 7 nitrogen and oxygen atoms in total. The number of anilines is 2. The fourth-order valence-corrected chi connectivity index (χ4v) is 2.13. The third-order valence-electron chi connectivity index (χ3n) is 3.49. The Hall–Kier alpha value is -1.63. The predicted molar refractivity (Wildman–Crippen MR) is 77.2 cm³/mol. The molecule has 1 aromatic rings. The van der Waals surface area contributed by atoms with Gasteiger partial charge in [0.2, 0.25) is 11.9 Å². The normalized spacial score (nSPS) is 16.4. The van der Waals surface area contributed by atoms with Crippen LogP contribution in [0.5, 0.6) is 6.01 Å². The van der Waals surface area contributed by atoms with Gasteiger partial charge in [-0.05, 0) is 33.1 Å². The van der Waals surface area contributed by atoms with Crippen molar-refractivity contribution in [2.45, 2.75) is 38.7 Å². The van der Waals surface area contributed by atoms with E-state index in [2.05, 4.69) is 25.6 Å². The molecule has 7 heteroatoms. The first-order valence-electron chi connectivity index (χ1n) is 7.13. The number of nitrogens with one attached hydrogen (secondary N) is 2. The molecule has 112 valence electrons. The quantitative estimate of drug-likeness (QED) is 0.750. The van der Waals surface area contributed by atoms with Gasteiger partial charge in [0.25, 0.3) is 0 Å². The molecule has 1 aliphatic carbocycles. The molecule has 0 aromatic carbocycles. The third-order valence-corrected chi connectivity index (χ3v) is 3.49. The van der Waals surface area contributed by atoms with E-state index < -0.39 is 0 Å². The molecule has 2 rings (SSSR count). The molecule has 20 heavy (non-hydrogen) atoms. The van der Waals surface area contributed by atoms with Crippen LogP contribution in [-0.4, -0.2) is 47.4 Å². The first kappa shape index (κ1) is 14.8. The molecule has 0 aliphatic heterocycles. The molecule has 0 radical (unpaired) electrons. The average Bonchev–Trinajstić information content (AvgIpc) is 2.38. The van der Waals surface area contributed by atoms with E-state index in [1.807, 2.05) is 13.8 Å². The van der Waals surface area contributed by atoms with Crippen molar-refractivity contribution in [2.24, 2.45) is 0 Å². The van der Waals surface area contributed by atoms with Crippen molar-refractivity contribution in [3.8, 4) is 6.01 Å². The lowest BCUT2D eigenvalue weighted by Gasteiger charge is -2.40. The van der Waals surface area contributed by atoms with E-state index in [9.17, 15) is 0 Å². The maximum absolute atomic E-state index is 5.57. The van der Waals surface area contributed by atoms with Crippen LogP contribution in [0.1, 0.15) is 33.1 Å². The van der Waals surface area contributed by atoms with Crippen LogP contribution in [0.2, 0.25) is 0 Å².